The Morgan fingerprint density at radius 3 is 2.13 bits per heavy atom. The maximum absolute atomic E-state index is 11.0. The van der Waals surface area contributed by atoms with Crippen molar-refractivity contribution in [2.75, 3.05) is 0 Å². The molecule has 80 valence electrons. The van der Waals surface area contributed by atoms with Crippen molar-refractivity contribution in [3.8, 4) is 0 Å². The molecule has 0 saturated heterocycles. The minimum atomic E-state index is -4.46. The quantitative estimate of drug-likeness (QED) is 0.738. The molecule has 4 heteroatoms. The van der Waals surface area contributed by atoms with E-state index in [1.165, 1.54) is 18.2 Å². The van der Waals surface area contributed by atoms with Gasteiger partial charge in [-0.25, -0.2) is 8.42 Å². The Bertz CT molecular complexity index is 513. The summed E-state index contributed by atoms with van der Waals surface area (Å²) < 4.78 is 32.9. The molecule has 0 aromatic heterocycles. The summed E-state index contributed by atoms with van der Waals surface area (Å²) in [6, 6.07) is 2.87. The highest BCUT2D eigenvalue weighted by Crippen LogP contribution is 2.24. The van der Waals surface area contributed by atoms with Crippen molar-refractivity contribution in [1.82, 2.24) is 0 Å². The Morgan fingerprint density at radius 2 is 1.73 bits per heavy atom. The van der Waals surface area contributed by atoms with Crippen LogP contribution in [0.3, 0.4) is 0 Å². The molecule has 3 nitrogen and oxygen atoms in total. The van der Waals surface area contributed by atoms with Crippen LogP contribution in [-0.2, 0) is 10.1 Å². The molecule has 0 amide bonds. The monoisotopic (exact) mass is 223 g/mol. The lowest BCUT2D eigenvalue weighted by molar-refractivity contribution is 0.463. The highest BCUT2D eigenvalue weighted by Gasteiger charge is 2.10. The van der Waals surface area contributed by atoms with Crippen LogP contribution in [0.15, 0.2) is 30.2 Å². The fourth-order valence-electron chi connectivity index (χ4n) is 1.42. The molecule has 0 saturated carbocycles. The van der Waals surface area contributed by atoms with Crippen molar-refractivity contribution in [3.05, 3.63) is 42.0 Å². The normalized spacial score (nSPS) is 11.1. The van der Waals surface area contributed by atoms with E-state index in [0.717, 1.165) is 5.56 Å². The minimum Gasteiger partial charge on any atom is -0.744 e. The van der Waals surface area contributed by atoms with E-state index in [0.29, 0.717) is 11.1 Å². The molecule has 0 bridgehead atoms. The summed E-state index contributed by atoms with van der Waals surface area (Å²) in [6.45, 7) is 8.89. The lowest BCUT2D eigenvalue weighted by atomic mass is 10.0. The van der Waals surface area contributed by atoms with Crippen molar-refractivity contribution in [2.24, 2.45) is 0 Å². The average Bonchev–Trinajstić information content (AvgIpc) is 2.15. The van der Waals surface area contributed by atoms with Gasteiger partial charge in [0.25, 0.3) is 0 Å². The van der Waals surface area contributed by atoms with Crippen LogP contribution in [0.25, 0.3) is 12.2 Å². The van der Waals surface area contributed by atoms with Crippen LogP contribution in [0.2, 0.25) is 0 Å². The number of rotatable bonds is 3. The van der Waals surface area contributed by atoms with Crippen molar-refractivity contribution in [2.45, 2.75) is 11.8 Å². The van der Waals surface area contributed by atoms with Gasteiger partial charge in [-0.3, -0.25) is 0 Å². The maximum Gasteiger partial charge on any atom is 0.125 e. The first-order valence-electron chi connectivity index (χ1n) is 4.26. The first-order valence-corrected chi connectivity index (χ1v) is 5.67. The summed E-state index contributed by atoms with van der Waals surface area (Å²) in [5.74, 6) is 0. The van der Waals surface area contributed by atoms with Crippen LogP contribution >= 0.6 is 0 Å². The number of aryl methyl sites for hydroxylation is 1. The molecular formula is C11H11O3S-. The van der Waals surface area contributed by atoms with E-state index < -0.39 is 10.1 Å². The molecule has 0 N–H and O–H groups in total. The van der Waals surface area contributed by atoms with Crippen molar-refractivity contribution < 1.29 is 13.0 Å². The SMILES string of the molecule is C=Cc1c(C)ccc(S(=O)(=O)[O-])c1C=C. The Labute approximate surface area is 89.5 Å². The van der Waals surface area contributed by atoms with Crippen LogP contribution in [0, 0.1) is 6.92 Å². The van der Waals surface area contributed by atoms with Crippen LogP contribution < -0.4 is 0 Å². The Morgan fingerprint density at radius 1 is 1.20 bits per heavy atom. The van der Waals surface area contributed by atoms with Gasteiger partial charge >= 0.3 is 0 Å². The lowest BCUT2D eigenvalue weighted by Crippen LogP contribution is -2.03. The van der Waals surface area contributed by atoms with Gasteiger partial charge in [0.2, 0.25) is 0 Å². The van der Waals surface area contributed by atoms with Crippen LogP contribution in [-0.4, -0.2) is 13.0 Å². The molecule has 0 heterocycles. The van der Waals surface area contributed by atoms with E-state index in [9.17, 15) is 13.0 Å². The van der Waals surface area contributed by atoms with Crippen molar-refractivity contribution >= 4 is 22.3 Å². The van der Waals surface area contributed by atoms with Gasteiger partial charge in [0.15, 0.2) is 0 Å². The van der Waals surface area contributed by atoms with E-state index in [1.807, 2.05) is 6.92 Å². The molecule has 0 unspecified atom stereocenters. The predicted molar refractivity (Wildman–Crippen MR) is 59.3 cm³/mol. The molecule has 0 atom stereocenters. The van der Waals surface area contributed by atoms with Crippen molar-refractivity contribution in [1.29, 1.82) is 0 Å². The number of benzene rings is 1. The lowest BCUT2D eigenvalue weighted by Gasteiger charge is -2.14. The van der Waals surface area contributed by atoms with Gasteiger partial charge in [-0.05, 0) is 29.7 Å². The predicted octanol–water partition coefficient (Wildman–Crippen LogP) is 2.19. The highest BCUT2D eigenvalue weighted by molar-refractivity contribution is 7.85. The van der Waals surface area contributed by atoms with E-state index in [-0.39, 0.29) is 4.90 Å². The number of hydrogen-bond donors (Lipinski definition) is 0. The highest BCUT2D eigenvalue weighted by atomic mass is 32.2. The average molecular weight is 223 g/mol. The molecule has 0 radical (unpaired) electrons. The fourth-order valence-corrected chi connectivity index (χ4v) is 2.12. The zero-order chi connectivity index (χ0) is 11.6. The van der Waals surface area contributed by atoms with Crippen molar-refractivity contribution in [3.63, 3.8) is 0 Å². The Balaban J connectivity index is 3.71. The smallest absolute Gasteiger partial charge is 0.125 e. The fraction of sp³-hybridized carbons (Fsp3) is 0.0909. The van der Waals surface area contributed by atoms with Gasteiger partial charge in [-0.1, -0.05) is 31.4 Å². The third-order valence-electron chi connectivity index (χ3n) is 2.14. The largest absolute Gasteiger partial charge is 0.744 e. The second-order valence-corrected chi connectivity index (χ2v) is 4.42. The third-order valence-corrected chi connectivity index (χ3v) is 3.04. The summed E-state index contributed by atoms with van der Waals surface area (Å²) in [7, 11) is -4.46. The molecular weight excluding hydrogens is 212 g/mol. The van der Waals surface area contributed by atoms with Gasteiger partial charge < -0.3 is 4.55 Å². The van der Waals surface area contributed by atoms with E-state index in [2.05, 4.69) is 13.2 Å². The molecule has 1 aromatic rings. The first kappa shape index (κ1) is 11.7. The van der Waals surface area contributed by atoms with Gasteiger partial charge in [0.05, 0.1) is 4.90 Å². The summed E-state index contributed by atoms with van der Waals surface area (Å²) in [5.41, 5.74) is 1.80. The summed E-state index contributed by atoms with van der Waals surface area (Å²) >= 11 is 0. The van der Waals surface area contributed by atoms with E-state index in [1.54, 1.807) is 6.07 Å². The third kappa shape index (κ3) is 2.16. The first-order chi connectivity index (χ1) is 6.91. The Kier molecular flexibility index (Phi) is 3.12. The molecule has 0 aliphatic heterocycles. The van der Waals surface area contributed by atoms with Gasteiger partial charge in [0, 0.05) is 0 Å². The molecule has 1 rings (SSSR count). The molecule has 15 heavy (non-hydrogen) atoms. The summed E-state index contributed by atoms with van der Waals surface area (Å²) in [5, 5.41) is 0. The second kappa shape index (κ2) is 4.00. The molecule has 1 aromatic carbocycles. The van der Waals surface area contributed by atoms with Gasteiger partial charge in [0.1, 0.15) is 10.1 Å². The summed E-state index contributed by atoms with van der Waals surface area (Å²) in [4.78, 5) is -0.252. The minimum absolute atomic E-state index is 0.252. The molecule has 0 spiro atoms. The van der Waals surface area contributed by atoms with Crippen LogP contribution in [0.5, 0.6) is 0 Å². The Hall–Kier alpha value is -1.39. The summed E-state index contributed by atoms with van der Waals surface area (Å²) in [6.07, 6.45) is 2.87. The zero-order valence-corrected chi connectivity index (χ0v) is 9.17. The van der Waals surface area contributed by atoms with E-state index in [4.69, 9.17) is 0 Å². The topological polar surface area (TPSA) is 57.2 Å². The zero-order valence-electron chi connectivity index (χ0n) is 8.36. The molecule has 0 aliphatic rings. The maximum atomic E-state index is 11.0. The van der Waals surface area contributed by atoms with E-state index >= 15 is 0 Å². The van der Waals surface area contributed by atoms with Gasteiger partial charge in [-0.15, -0.1) is 0 Å². The van der Waals surface area contributed by atoms with Crippen LogP contribution in [0.1, 0.15) is 16.7 Å². The second-order valence-electron chi connectivity index (χ2n) is 3.07. The number of hydrogen-bond acceptors (Lipinski definition) is 3. The van der Waals surface area contributed by atoms with Crippen LogP contribution in [0.4, 0.5) is 0 Å². The molecule has 0 aliphatic carbocycles. The molecule has 0 fully saturated rings. The standard InChI is InChI=1S/C11H12O3S/c1-4-9-8(3)6-7-11(10(9)5-2)15(12,13)14/h4-7H,1-2H2,3H3,(H,12,13,14)/p-1. The van der Waals surface area contributed by atoms with Gasteiger partial charge in [-0.2, -0.15) is 0 Å².